The maximum atomic E-state index is 9.37. The van der Waals surface area contributed by atoms with Crippen molar-refractivity contribution in [3.63, 3.8) is 0 Å². The number of aromatic nitrogens is 3. The smallest absolute Gasteiger partial charge is 0.242 e. The van der Waals surface area contributed by atoms with Crippen LogP contribution in [0.1, 0.15) is 5.56 Å². The van der Waals surface area contributed by atoms with Crippen molar-refractivity contribution in [2.75, 3.05) is 11.1 Å². The van der Waals surface area contributed by atoms with E-state index in [0.29, 0.717) is 18.2 Å². The molecule has 0 aliphatic heterocycles. The fourth-order valence-corrected chi connectivity index (χ4v) is 1.17. The number of benzene rings is 1. The largest absolute Gasteiger partial charge is 0.506 e. The Labute approximate surface area is 86.2 Å². The molecular weight excluding hydrogens is 194 g/mol. The van der Waals surface area contributed by atoms with Crippen LogP contribution < -0.4 is 11.1 Å². The number of hydrogen-bond acceptors (Lipinski definition) is 5. The molecule has 0 atom stereocenters. The fourth-order valence-electron chi connectivity index (χ4n) is 1.17. The summed E-state index contributed by atoms with van der Waals surface area (Å²) < 4.78 is 0. The van der Waals surface area contributed by atoms with Crippen LogP contribution in [0.4, 0.5) is 11.6 Å². The first-order valence-corrected chi connectivity index (χ1v) is 4.43. The zero-order valence-corrected chi connectivity index (χ0v) is 7.94. The van der Waals surface area contributed by atoms with Gasteiger partial charge in [0, 0.05) is 6.54 Å². The number of aromatic hydroxyl groups is 1. The Morgan fingerprint density at radius 3 is 3.00 bits per heavy atom. The molecule has 5 N–H and O–H groups in total. The molecule has 1 aromatic heterocycles. The zero-order valence-electron chi connectivity index (χ0n) is 7.94. The molecule has 0 spiro atoms. The molecule has 6 heteroatoms. The van der Waals surface area contributed by atoms with Gasteiger partial charge in [-0.15, -0.1) is 5.10 Å². The molecule has 0 radical (unpaired) electrons. The first kappa shape index (κ1) is 9.32. The lowest BCUT2D eigenvalue weighted by Gasteiger charge is -2.04. The molecular formula is C9H11N5O. The molecule has 2 rings (SSSR count). The third-order valence-corrected chi connectivity index (χ3v) is 1.96. The van der Waals surface area contributed by atoms with Crippen molar-refractivity contribution in [2.45, 2.75) is 6.54 Å². The van der Waals surface area contributed by atoms with Crippen LogP contribution in [0.5, 0.6) is 5.75 Å². The Bertz CT molecular complexity index is 440. The number of nitrogen functional groups attached to an aromatic ring is 1. The molecule has 6 nitrogen and oxygen atoms in total. The van der Waals surface area contributed by atoms with Crippen molar-refractivity contribution in [1.82, 2.24) is 15.2 Å². The molecule has 15 heavy (non-hydrogen) atoms. The summed E-state index contributed by atoms with van der Waals surface area (Å²) in [6.45, 7) is 0.533. The van der Waals surface area contributed by atoms with E-state index in [9.17, 15) is 5.11 Å². The molecule has 78 valence electrons. The number of H-pyrrole nitrogens is 1. The lowest BCUT2D eigenvalue weighted by atomic mass is 10.2. The SMILES string of the molecule is Nc1ccc(CNc2nc[nH]n2)cc1O. The number of rotatable bonds is 3. The predicted octanol–water partition coefficient (Wildman–Crippen LogP) is 0.705. The molecule has 2 aromatic rings. The van der Waals surface area contributed by atoms with E-state index in [2.05, 4.69) is 20.5 Å². The molecule has 0 amide bonds. The minimum Gasteiger partial charge on any atom is -0.506 e. The lowest BCUT2D eigenvalue weighted by molar-refractivity contribution is 0.477. The summed E-state index contributed by atoms with van der Waals surface area (Å²) in [4.78, 5) is 3.91. The molecule has 0 aliphatic carbocycles. The second-order valence-corrected chi connectivity index (χ2v) is 3.07. The van der Waals surface area contributed by atoms with Crippen LogP contribution in [0.25, 0.3) is 0 Å². The third kappa shape index (κ3) is 2.16. The first-order chi connectivity index (χ1) is 7.25. The maximum Gasteiger partial charge on any atom is 0.242 e. The standard InChI is InChI=1S/C9H11N5O/c10-7-2-1-6(3-8(7)15)4-11-9-12-5-13-14-9/h1-3,5,15H,4,10H2,(H2,11,12,13,14). The van der Waals surface area contributed by atoms with Gasteiger partial charge in [-0.3, -0.25) is 5.10 Å². The molecule has 0 fully saturated rings. The highest BCUT2D eigenvalue weighted by atomic mass is 16.3. The van der Waals surface area contributed by atoms with Crippen LogP contribution in [0.2, 0.25) is 0 Å². The normalized spacial score (nSPS) is 10.1. The van der Waals surface area contributed by atoms with E-state index < -0.39 is 0 Å². The molecule has 1 aromatic carbocycles. The van der Waals surface area contributed by atoms with Crippen molar-refractivity contribution in [1.29, 1.82) is 0 Å². The minimum absolute atomic E-state index is 0.0873. The number of nitrogens with zero attached hydrogens (tertiary/aromatic N) is 2. The monoisotopic (exact) mass is 205 g/mol. The summed E-state index contributed by atoms with van der Waals surface area (Å²) in [5.74, 6) is 0.607. The van der Waals surface area contributed by atoms with Gasteiger partial charge in [0.25, 0.3) is 0 Å². The first-order valence-electron chi connectivity index (χ1n) is 4.43. The van der Waals surface area contributed by atoms with E-state index in [1.807, 2.05) is 6.07 Å². The number of phenols is 1. The number of hydrogen-bond donors (Lipinski definition) is 4. The Balaban J connectivity index is 2.02. The highest BCUT2D eigenvalue weighted by molar-refractivity contribution is 5.53. The summed E-state index contributed by atoms with van der Waals surface area (Å²) in [6.07, 6.45) is 1.49. The van der Waals surface area contributed by atoms with Crippen molar-refractivity contribution < 1.29 is 5.11 Å². The van der Waals surface area contributed by atoms with Gasteiger partial charge in [-0.2, -0.15) is 0 Å². The van der Waals surface area contributed by atoms with Gasteiger partial charge in [0.2, 0.25) is 5.95 Å². The molecule has 0 saturated carbocycles. The average Bonchev–Trinajstić information content (AvgIpc) is 2.73. The summed E-state index contributed by atoms with van der Waals surface area (Å²) in [7, 11) is 0. The summed E-state index contributed by atoms with van der Waals surface area (Å²) in [5.41, 5.74) is 6.76. The van der Waals surface area contributed by atoms with Crippen molar-refractivity contribution in [3.8, 4) is 5.75 Å². The molecule has 1 heterocycles. The second kappa shape index (κ2) is 3.87. The molecule has 0 aliphatic rings. The van der Waals surface area contributed by atoms with Gasteiger partial charge in [-0.25, -0.2) is 4.98 Å². The summed E-state index contributed by atoms with van der Waals surface area (Å²) in [6, 6.07) is 5.09. The predicted molar refractivity (Wildman–Crippen MR) is 56.2 cm³/mol. The van der Waals surface area contributed by atoms with Crippen LogP contribution in [0, 0.1) is 0 Å². The van der Waals surface area contributed by atoms with Gasteiger partial charge in [-0.1, -0.05) is 6.07 Å². The summed E-state index contributed by atoms with van der Waals surface area (Å²) in [5, 5.41) is 18.8. The van der Waals surface area contributed by atoms with Crippen LogP contribution in [0.3, 0.4) is 0 Å². The molecule has 0 saturated heterocycles. The van der Waals surface area contributed by atoms with Crippen molar-refractivity contribution in [2.24, 2.45) is 0 Å². The number of anilines is 2. The zero-order chi connectivity index (χ0) is 10.7. The van der Waals surface area contributed by atoms with Gasteiger partial charge < -0.3 is 16.2 Å². The Morgan fingerprint density at radius 1 is 1.47 bits per heavy atom. The van der Waals surface area contributed by atoms with Crippen LogP contribution in [0.15, 0.2) is 24.5 Å². The number of phenolic OH excluding ortho intramolecular Hbond substituents is 1. The average molecular weight is 205 g/mol. The van der Waals surface area contributed by atoms with Gasteiger partial charge >= 0.3 is 0 Å². The van der Waals surface area contributed by atoms with E-state index in [1.54, 1.807) is 12.1 Å². The quantitative estimate of drug-likeness (QED) is 0.436. The molecule has 0 bridgehead atoms. The lowest BCUT2D eigenvalue weighted by Crippen LogP contribution is -2.01. The molecule has 0 unspecified atom stereocenters. The summed E-state index contributed by atoms with van der Waals surface area (Å²) >= 11 is 0. The Morgan fingerprint density at radius 2 is 2.33 bits per heavy atom. The minimum atomic E-state index is 0.0873. The fraction of sp³-hybridized carbons (Fsp3) is 0.111. The van der Waals surface area contributed by atoms with Crippen LogP contribution in [-0.2, 0) is 6.54 Å². The van der Waals surface area contributed by atoms with Crippen LogP contribution >= 0.6 is 0 Å². The van der Waals surface area contributed by atoms with Gasteiger partial charge in [0.1, 0.15) is 12.1 Å². The maximum absolute atomic E-state index is 9.37. The Hall–Kier alpha value is -2.24. The topological polar surface area (TPSA) is 99.8 Å². The van der Waals surface area contributed by atoms with E-state index in [-0.39, 0.29) is 5.75 Å². The van der Waals surface area contributed by atoms with Gasteiger partial charge in [0.05, 0.1) is 5.69 Å². The number of nitrogens with one attached hydrogen (secondary N) is 2. The number of aromatic amines is 1. The van der Waals surface area contributed by atoms with Gasteiger partial charge in [0.15, 0.2) is 0 Å². The van der Waals surface area contributed by atoms with E-state index in [0.717, 1.165) is 5.56 Å². The van der Waals surface area contributed by atoms with Gasteiger partial charge in [-0.05, 0) is 17.7 Å². The van der Waals surface area contributed by atoms with E-state index in [1.165, 1.54) is 6.33 Å². The third-order valence-electron chi connectivity index (χ3n) is 1.96. The van der Waals surface area contributed by atoms with Crippen molar-refractivity contribution in [3.05, 3.63) is 30.1 Å². The van der Waals surface area contributed by atoms with E-state index >= 15 is 0 Å². The number of nitrogens with two attached hydrogens (primary N) is 1. The second-order valence-electron chi connectivity index (χ2n) is 3.07. The van der Waals surface area contributed by atoms with Crippen molar-refractivity contribution >= 4 is 11.6 Å². The van der Waals surface area contributed by atoms with E-state index in [4.69, 9.17) is 5.73 Å². The highest BCUT2D eigenvalue weighted by Crippen LogP contribution is 2.20. The highest BCUT2D eigenvalue weighted by Gasteiger charge is 2.00. The Kier molecular flexibility index (Phi) is 2.40. The van der Waals surface area contributed by atoms with Crippen LogP contribution in [-0.4, -0.2) is 20.3 Å².